The van der Waals surface area contributed by atoms with Crippen LogP contribution >= 0.6 is 0 Å². The highest BCUT2D eigenvalue weighted by Gasteiger charge is 2.40. The summed E-state index contributed by atoms with van der Waals surface area (Å²) in [7, 11) is 0. The van der Waals surface area contributed by atoms with Crippen molar-refractivity contribution in [2.24, 2.45) is 11.0 Å². The number of aryl methyl sites for hydroxylation is 1. The number of carbonyl (C=O) groups excluding carboxylic acids is 1. The van der Waals surface area contributed by atoms with Gasteiger partial charge in [0, 0.05) is 39.6 Å². The predicted octanol–water partition coefficient (Wildman–Crippen LogP) is 5.88. The van der Waals surface area contributed by atoms with Gasteiger partial charge in [-0.25, -0.2) is 5.43 Å². The van der Waals surface area contributed by atoms with E-state index in [1.165, 1.54) is 5.56 Å². The molecule has 2 unspecified atom stereocenters. The van der Waals surface area contributed by atoms with Gasteiger partial charge in [0.2, 0.25) is 5.91 Å². The van der Waals surface area contributed by atoms with Crippen LogP contribution in [0.15, 0.2) is 84.1 Å². The van der Waals surface area contributed by atoms with E-state index in [2.05, 4.69) is 76.1 Å². The van der Waals surface area contributed by atoms with Gasteiger partial charge in [-0.1, -0.05) is 60.2 Å². The number of rotatable bonds is 4. The van der Waals surface area contributed by atoms with Crippen LogP contribution in [-0.2, 0) is 4.79 Å². The third kappa shape index (κ3) is 3.08. The first-order valence-electron chi connectivity index (χ1n) is 11.2. The molecule has 1 amide bonds. The predicted molar refractivity (Wildman–Crippen MR) is 133 cm³/mol. The Hall–Kier alpha value is -4.12. The second-order valence-electron chi connectivity index (χ2n) is 8.80. The highest BCUT2D eigenvalue weighted by molar-refractivity contribution is 6.09. The van der Waals surface area contributed by atoms with Gasteiger partial charge in [0.1, 0.15) is 0 Å². The van der Waals surface area contributed by atoms with Crippen molar-refractivity contribution in [3.8, 4) is 11.3 Å². The normalized spacial score (nSPS) is 16.8. The molecule has 0 spiro atoms. The number of hydrazone groups is 1. The average Bonchev–Trinajstić information content (AvgIpc) is 3.52. The summed E-state index contributed by atoms with van der Waals surface area (Å²) in [6.45, 7) is 4.04. The number of aromatic amines is 2. The van der Waals surface area contributed by atoms with Crippen LogP contribution in [0.2, 0.25) is 0 Å². The first-order chi connectivity index (χ1) is 16.1. The van der Waals surface area contributed by atoms with Gasteiger partial charge in [-0.05, 0) is 48.7 Å². The standard InChI is InChI=1S/C28H24N4O/c1-16-12-13-23-20(14-16)26(27(30-23)18-8-4-3-5-9-18)25(24-17(2)31-32-28(24)33)21-15-29-22-11-7-6-10-19(21)22/h3-15,24-25,29-30H,1-2H3,(H,32,33). The lowest BCUT2D eigenvalue weighted by Gasteiger charge is -2.24. The van der Waals surface area contributed by atoms with Crippen molar-refractivity contribution in [3.63, 3.8) is 0 Å². The van der Waals surface area contributed by atoms with Crippen LogP contribution in [0.1, 0.15) is 29.5 Å². The zero-order valence-electron chi connectivity index (χ0n) is 18.5. The van der Waals surface area contributed by atoms with Gasteiger partial charge in [-0.15, -0.1) is 0 Å². The van der Waals surface area contributed by atoms with Gasteiger partial charge in [-0.3, -0.25) is 4.79 Å². The van der Waals surface area contributed by atoms with Gasteiger partial charge in [-0.2, -0.15) is 5.10 Å². The molecule has 3 aromatic carbocycles. The Morgan fingerprint density at radius 3 is 2.45 bits per heavy atom. The second kappa shape index (κ2) is 7.48. The fourth-order valence-electron chi connectivity index (χ4n) is 5.20. The quantitative estimate of drug-likeness (QED) is 0.326. The summed E-state index contributed by atoms with van der Waals surface area (Å²) in [5, 5.41) is 6.57. The first kappa shape index (κ1) is 19.6. The molecule has 2 aromatic heterocycles. The van der Waals surface area contributed by atoms with Crippen molar-refractivity contribution in [2.75, 3.05) is 0 Å². The molecule has 0 bridgehead atoms. The van der Waals surface area contributed by atoms with Crippen molar-refractivity contribution < 1.29 is 4.79 Å². The SMILES string of the molecule is CC1=NNC(=O)C1C(c1c[nH]c2ccccc12)c1c(-c2ccccc2)[nH]c2ccc(C)cc12. The fraction of sp³-hybridized carbons (Fsp3) is 0.143. The smallest absolute Gasteiger partial charge is 0.249 e. The van der Waals surface area contributed by atoms with Crippen molar-refractivity contribution in [2.45, 2.75) is 19.8 Å². The van der Waals surface area contributed by atoms with Crippen LogP contribution < -0.4 is 5.43 Å². The lowest BCUT2D eigenvalue weighted by Crippen LogP contribution is -2.29. The number of hydrogen-bond acceptors (Lipinski definition) is 2. The first-order valence-corrected chi connectivity index (χ1v) is 11.2. The summed E-state index contributed by atoms with van der Waals surface area (Å²) in [4.78, 5) is 20.2. The maximum absolute atomic E-state index is 13.2. The Morgan fingerprint density at radius 1 is 0.879 bits per heavy atom. The number of fused-ring (bicyclic) bond motifs is 2. The lowest BCUT2D eigenvalue weighted by molar-refractivity contribution is -0.122. The number of nitrogens with one attached hydrogen (secondary N) is 3. The maximum Gasteiger partial charge on any atom is 0.249 e. The largest absolute Gasteiger partial charge is 0.361 e. The summed E-state index contributed by atoms with van der Waals surface area (Å²) in [6.07, 6.45) is 2.05. The fourth-order valence-corrected chi connectivity index (χ4v) is 5.20. The molecule has 0 radical (unpaired) electrons. The number of amides is 1. The highest BCUT2D eigenvalue weighted by atomic mass is 16.2. The molecular formula is C28H24N4O. The average molecular weight is 433 g/mol. The van der Waals surface area contributed by atoms with Crippen molar-refractivity contribution >= 4 is 33.4 Å². The molecule has 0 aliphatic carbocycles. The Kier molecular flexibility index (Phi) is 4.44. The van der Waals surface area contributed by atoms with Crippen LogP contribution in [0.5, 0.6) is 0 Å². The number of aromatic nitrogens is 2. The molecule has 0 fully saturated rings. The van der Waals surface area contributed by atoms with Gasteiger partial charge in [0.15, 0.2) is 0 Å². The van der Waals surface area contributed by atoms with Gasteiger partial charge < -0.3 is 9.97 Å². The van der Waals surface area contributed by atoms with E-state index in [4.69, 9.17) is 0 Å². The Labute approximate surface area is 191 Å². The molecule has 1 aliphatic heterocycles. The third-order valence-corrected chi connectivity index (χ3v) is 6.73. The topological polar surface area (TPSA) is 73.0 Å². The monoisotopic (exact) mass is 432 g/mol. The summed E-state index contributed by atoms with van der Waals surface area (Å²) >= 11 is 0. The molecular weight excluding hydrogens is 408 g/mol. The zero-order valence-corrected chi connectivity index (χ0v) is 18.5. The van der Waals surface area contributed by atoms with E-state index in [1.54, 1.807) is 0 Å². The zero-order chi connectivity index (χ0) is 22.5. The third-order valence-electron chi connectivity index (χ3n) is 6.73. The van der Waals surface area contributed by atoms with Crippen molar-refractivity contribution in [1.82, 2.24) is 15.4 Å². The van der Waals surface area contributed by atoms with E-state index >= 15 is 0 Å². The molecule has 3 N–H and O–H groups in total. The number of nitrogens with zero attached hydrogens (tertiary/aromatic N) is 1. The Morgan fingerprint density at radius 2 is 1.67 bits per heavy atom. The van der Waals surface area contributed by atoms with E-state index in [0.29, 0.717) is 0 Å². The summed E-state index contributed by atoms with van der Waals surface area (Å²) in [6, 6.07) is 25.1. The molecule has 162 valence electrons. The van der Waals surface area contributed by atoms with Crippen LogP contribution in [0.25, 0.3) is 33.1 Å². The highest BCUT2D eigenvalue weighted by Crippen LogP contribution is 2.45. The van der Waals surface area contributed by atoms with E-state index in [0.717, 1.165) is 49.9 Å². The van der Waals surface area contributed by atoms with Crippen LogP contribution in [0, 0.1) is 12.8 Å². The number of para-hydroxylation sites is 1. The van der Waals surface area contributed by atoms with Gasteiger partial charge >= 0.3 is 0 Å². The molecule has 3 heterocycles. The summed E-state index contributed by atoms with van der Waals surface area (Å²) in [5.74, 6) is -0.673. The maximum atomic E-state index is 13.2. The molecule has 2 atom stereocenters. The number of carbonyl (C=O) groups is 1. The van der Waals surface area contributed by atoms with Crippen LogP contribution in [-0.4, -0.2) is 21.6 Å². The van der Waals surface area contributed by atoms with E-state index in [1.807, 2.05) is 37.3 Å². The molecule has 5 nitrogen and oxygen atoms in total. The number of benzene rings is 3. The van der Waals surface area contributed by atoms with Crippen molar-refractivity contribution in [1.29, 1.82) is 0 Å². The van der Waals surface area contributed by atoms with Crippen LogP contribution in [0.4, 0.5) is 0 Å². The Balaban J connectivity index is 1.72. The van der Waals surface area contributed by atoms with E-state index < -0.39 is 5.92 Å². The Bertz CT molecular complexity index is 1540. The number of hydrogen-bond donors (Lipinski definition) is 3. The molecule has 5 aromatic rings. The van der Waals surface area contributed by atoms with Gasteiger partial charge in [0.05, 0.1) is 11.6 Å². The van der Waals surface area contributed by atoms with Crippen molar-refractivity contribution in [3.05, 3.63) is 95.7 Å². The minimum absolute atomic E-state index is 0.0659. The molecule has 0 saturated heterocycles. The molecule has 0 saturated carbocycles. The van der Waals surface area contributed by atoms with Crippen LogP contribution in [0.3, 0.4) is 0 Å². The minimum atomic E-state index is -0.397. The molecule has 1 aliphatic rings. The molecule has 33 heavy (non-hydrogen) atoms. The minimum Gasteiger partial charge on any atom is -0.361 e. The molecule has 6 rings (SSSR count). The summed E-state index contributed by atoms with van der Waals surface area (Å²) in [5.41, 5.74) is 11.2. The molecule has 5 heteroatoms. The van der Waals surface area contributed by atoms with E-state index in [-0.39, 0.29) is 11.8 Å². The van der Waals surface area contributed by atoms with Gasteiger partial charge in [0.25, 0.3) is 0 Å². The lowest BCUT2D eigenvalue weighted by atomic mass is 9.76. The van der Waals surface area contributed by atoms with E-state index in [9.17, 15) is 4.79 Å². The summed E-state index contributed by atoms with van der Waals surface area (Å²) < 4.78 is 0. The second-order valence-corrected chi connectivity index (χ2v) is 8.80. The number of H-pyrrole nitrogens is 2.